The van der Waals surface area contributed by atoms with Gasteiger partial charge in [-0.25, -0.2) is 13.6 Å². The number of hydrogen-bond donors (Lipinski definition) is 1. The summed E-state index contributed by atoms with van der Waals surface area (Å²) in [6, 6.07) is 1.08. The lowest BCUT2D eigenvalue weighted by Gasteiger charge is -2.04. The topological polar surface area (TPSA) is 50.2 Å². The molecule has 0 spiro atoms. The average molecular weight is 187 g/mol. The van der Waals surface area contributed by atoms with Crippen LogP contribution in [0.15, 0.2) is 12.3 Å². The van der Waals surface area contributed by atoms with E-state index >= 15 is 0 Å². The van der Waals surface area contributed by atoms with E-state index in [-0.39, 0.29) is 0 Å². The molecule has 0 fully saturated rings. The van der Waals surface area contributed by atoms with Crippen molar-refractivity contribution >= 4 is 5.97 Å². The third-order valence-corrected chi connectivity index (χ3v) is 1.54. The molecule has 0 aliphatic carbocycles. The Morgan fingerprint density at radius 2 is 2.23 bits per heavy atom. The molecule has 13 heavy (non-hydrogen) atoms. The van der Waals surface area contributed by atoms with Crippen LogP contribution in [0.3, 0.4) is 0 Å². The largest absolute Gasteiger partial charge is 0.478 e. The Labute approximate surface area is 73.0 Å². The Morgan fingerprint density at radius 1 is 1.62 bits per heavy atom. The highest BCUT2D eigenvalue weighted by Gasteiger charge is 2.18. The minimum absolute atomic E-state index is 0.375. The molecule has 0 bridgehead atoms. The van der Waals surface area contributed by atoms with E-state index in [9.17, 15) is 13.6 Å². The van der Waals surface area contributed by atoms with Gasteiger partial charge in [0.2, 0.25) is 0 Å². The van der Waals surface area contributed by atoms with Crippen LogP contribution < -0.4 is 0 Å². The molecule has 0 radical (unpaired) electrons. The maximum absolute atomic E-state index is 12.3. The number of aromatic nitrogens is 1. The number of rotatable bonds is 2. The molecular weight excluding hydrogens is 180 g/mol. The molecule has 1 aromatic heterocycles. The molecule has 1 heterocycles. The molecule has 0 amide bonds. The van der Waals surface area contributed by atoms with Crippen molar-refractivity contribution in [1.82, 2.24) is 4.98 Å². The second-order valence-corrected chi connectivity index (χ2v) is 2.52. The van der Waals surface area contributed by atoms with Gasteiger partial charge in [-0.2, -0.15) is 0 Å². The zero-order valence-corrected chi connectivity index (χ0v) is 6.79. The Hall–Kier alpha value is -1.52. The lowest BCUT2D eigenvalue weighted by Crippen LogP contribution is -2.04. The highest BCUT2D eigenvalue weighted by Crippen LogP contribution is 2.22. The summed E-state index contributed by atoms with van der Waals surface area (Å²) in [7, 11) is 0. The molecule has 0 aliphatic rings. The van der Waals surface area contributed by atoms with E-state index in [2.05, 4.69) is 4.98 Å². The summed E-state index contributed by atoms with van der Waals surface area (Å²) in [6.45, 7) is 1.53. The Bertz CT molecular complexity index is 339. The van der Waals surface area contributed by atoms with Gasteiger partial charge in [-0.15, -0.1) is 0 Å². The van der Waals surface area contributed by atoms with Crippen LogP contribution in [0.5, 0.6) is 0 Å². The van der Waals surface area contributed by atoms with Crippen molar-refractivity contribution < 1.29 is 18.7 Å². The van der Waals surface area contributed by atoms with Crippen LogP contribution in [0.1, 0.15) is 28.0 Å². The van der Waals surface area contributed by atoms with Crippen LogP contribution in [0, 0.1) is 6.92 Å². The molecule has 0 unspecified atom stereocenters. The first-order chi connectivity index (χ1) is 6.02. The van der Waals surface area contributed by atoms with Crippen molar-refractivity contribution in [2.24, 2.45) is 0 Å². The normalized spacial score (nSPS) is 10.5. The van der Waals surface area contributed by atoms with Gasteiger partial charge in [0.05, 0.1) is 5.56 Å². The first-order valence-corrected chi connectivity index (χ1v) is 3.50. The van der Waals surface area contributed by atoms with E-state index in [0.29, 0.717) is 5.69 Å². The summed E-state index contributed by atoms with van der Waals surface area (Å²) in [4.78, 5) is 14.1. The van der Waals surface area contributed by atoms with Gasteiger partial charge in [-0.3, -0.25) is 4.98 Å². The number of halogens is 2. The molecule has 0 atom stereocenters. The Balaban J connectivity index is 3.26. The highest BCUT2D eigenvalue weighted by atomic mass is 19.3. The summed E-state index contributed by atoms with van der Waals surface area (Å²) in [5, 5.41) is 8.53. The molecule has 1 aromatic rings. The average Bonchev–Trinajstić information content (AvgIpc) is 2.03. The number of carboxylic acids is 1. The minimum atomic E-state index is -2.78. The summed E-state index contributed by atoms with van der Waals surface area (Å²) >= 11 is 0. The predicted octanol–water partition coefficient (Wildman–Crippen LogP) is 2.03. The van der Waals surface area contributed by atoms with Gasteiger partial charge in [0.25, 0.3) is 6.43 Å². The zero-order chi connectivity index (χ0) is 10.0. The van der Waals surface area contributed by atoms with Gasteiger partial charge in [-0.1, -0.05) is 0 Å². The third-order valence-electron chi connectivity index (χ3n) is 1.54. The quantitative estimate of drug-likeness (QED) is 0.770. The lowest BCUT2D eigenvalue weighted by atomic mass is 10.1. The van der Waals surface area contributed by atoms with Crippen LogP contribution in [0.25, 0.3) is 0 Å². The SMILES string of the molecule is Cc1cc(C(F)F)c(C(=O)O)cn1. The van der Waals surface area contributed by atoms with E-state index in [4.69, 9.17) is 5.11 Å². The van der Waals surface area contributed by atoms with Crippen molar-refractivity contribution in [1.29, 1.82) is 0 Å². The molecule has 5 heteroatoms. The number of aryl methyl sites for hydroxylation is 1. The molecule has 0 saturated carbocycles. The first-order valence-electron chi connectivity index (χ1n) is 3.50. The van der Waals surface area contributed by atoms with E-state index in [1.807, 2.05) is 0 Å². The summed E-state index contributed by atoms with van der Waals surface area (Å²) in [5.74, 6) is -1.39. The van der Waals surface area contributed by atoms with Crippen LogP contribution in [0.2, 0.25) is 0 Å². The van der Waals surface area contributed by atoms with Crippen LogP contribution >= 0.6 is 0 Å². The van der Waals surface area contributed by atoms with E-state index in [0.717, 1.165) is 12.3 Å². The number of carbonyl (C=O) groups is 1. The smallest absolute Gasteiger partial charge is 0.337 e. The van der Waals surface area contributed by atoms with Gasteiger partial charge >= 0.3 is 5.97 Å². The number of alkyl halides is 2. The number of hydrogen-bond acceptors (Lipinski definition) is 2. The summed E-state index contributed by atoms with van der Waals surface area (Å²) < 4.78 is 24.6. The van der Waals surface area contributed by atoms with Crippen molar-refractivity contribution in [2.75, 3.05) is 0 Å². The van der Waals surface area contributed by atoms with E-state index < -0.39 is 23.5 Å². The molecule has 0 aromatic carbocycles. The lowest BCUT2D eigenvalue weighted by molar-refractivity contribution is 0.0684. The van der Waals surface area contributed by atoms with Gasteiger partial charge < -0.3 is 5.11 Å². The van der Waals surface area contributed by atoms with Crippen molar-refractivity contribution in [2.45, 2.75) is 13.3 Å². The monoisotopic (exact) mass is 187 g/mol. The Kier molecular flexibility index (Phi) is 2.55. The van der Waals surface area contributed by atoms with Gasteiger partial charge in [0.15, 0.2) is 0 Å². The van der Waals surface area contributed by atoms with E-state index in [1.54, 1.807) is 0 Å². The highest BCUT2D eigenvalue weighted by molar-refractivity contribution is 5.89. The molecule has 0 saturated heterocycles. The predicted molar refractivity (Wildman–Crippen MR) is 40.9 cm³/mol. The second kappa shape index (κ2) is 3.47. The third kappa shape index (κ3) is 1.99. The number of aromatic carboxylic acids is 1. The maximum Gasteiger partial charge on any atom is 0.337 e. The van der Waals surface area contributed by atoms with Crippen molar-refractivity contribution in [3.05, 3.63) is 29.1 Å². The van der Waals surface area contributed by atoms with Crippen LogP contribution in [-0.2, 0) is 0 Å². The number of pyridine rings is 1. The number of carboxylic acid groups (broad SMARTS) is 1. The molecule has 70 valence electrons. The molecular formula is C8H7F2NO2. The standard InChI is InChI=1S/C8H7F2NO2/c1-4-2-5(7(9)10)6(3-11-4)8(12)13/h2-3,7H,1H3,(H,12,13). The van der Waals surface area contributed by atoms with E-state index in [1.165, 1.54) is 6.92 Å². The Morgan fingerprint density at radius 3 is 2.69 bits per heavy atom. The van der Waals surface area contributed by atoms with Gasteiger partial charge in [0.1, 0.15) is 0 Å². The van der Waals surface area contributed by atoms with Crippen LogP contribution in [0.4, 0.5) is 8.78 Å². The maximum atomic E-state index is 12.3. The molecule has 1 N–H and O–H groups in total. The summed E-state index contributed by atoms with van der Waals surface area (Å²) in [6.07, 6.45) is -1.84. The molecule has 1 rings (SSSR count). The van der Waals surface area contributed by atoms with Crippen LogP contribution in [-0.4, -0.2) is 16.1 Å². The zero-order valence-electron chi connectivity index (χ0n) is 6.79. The molecule has 0 aliphatic heterocycles. The van der Waals surface area contributed by atoms with Crippen molar-refractivity contribution in [3.63, 3.8) is 0 Å². The molecule has 3 nitrogen and oxygen atoms in total. The summed E-state index contributed by atoms with van der Waals surface area (Å²) in [5.41, 5.74) is -0.555. The fraction of sp³-hybridized carbons (Fsp3) is 0.250. The number of nitrogens with zero attached hydrogens (tertiary/aromatic N) is 1. The minimum Gasteiger partial charge on any atom is -0.478 e. The fourth-order valence-electron chi connectivity index (χ4n) is 0.940. The first kappa shape index (κ1) is 9.57. The second-order valence-electron chi connectivity index (χ2n) is 2.52. The van der Waals surface area contributed by atoms with Gasteiger partial charge in [0, 0.05) is 17.5 Å². The fourth-order valence-corrected chi connectivity index (χ4v) is 0.940. The van der Waals surface area contributed by atoms with Crippen molar-refractivity contribution in [3.8, 4) is 0 Å². The van der Waals surface area contributed by atoms with Gasteiger partial charge in [-0.05, 0) is 13.0 Å².